The van der Waals surface area contributed by atoms with Gasteiger partial charge in [-0.05, 0) is 18.6 Å². The van der Waals surface area contributed by atoms with E-state index in [1.165, 1.54) is 12.1 Å². The lowest BCUT2D eigenvalue weighted by Crippen LogP contribution is -1.84. The van der Waals surface area contributed by atoms with Gasteiger partial charge in [-0.25, -0.2) is 4.39 Å². The second-order valence-corrected chi connectivity index (χ2v) is 4.04. The second-order valence-electron chi connectivity index (χ2n) is 4.04. The first-order valence-electron chi connectivity index (χ1n) is 5.27. The van der Waals surface area contributed by atoms with Crippen molar-refractivity contribution in [2.24, 2.45) is 5.92 Å². The maximum atomic E-state index is 13.0. The van der Waals surface area contributed by atoms with Gasteiger partial charge in [0.15, 0.2) is 0 Å². The third-order valence-electron chi connectivity index (χ3n) is 2.80. The van der Waals surface area contributed by atoms with Crippen LogP contribution in [0, 0.1) is 23.1 Å². The van der Waals surface area contributed by atoms with Crippen LogP contribution in [0.25, 0.3) is 11.4 Å². The van der Waals surface area contributed by atoms with Gasteiger partial charge in [0.05, 0.1) is 17.9 Å². The smallest absolute Gasteiger partial charge is 0.231 e. The van der Waals surface area contributed by atoms with Gasteiger partial charge < -0.3 is 4.52 Å². The van der Waals surface area contributed by atoms with E-state index in [0.717, 1.165) is 6.42 Å². The predicted molar refractivity (Wildman–Crippen MR) is 56.2 cm³/mol. The molecule has 1 aliphatic rings. The summed E-state index contributed by atoms with van der Waals surface area (Å²) in [6.07, 6.45) is 0.765. The predicted octanol–water partition coefficient (Wildman–Crippen LogP) is 2.50. The zero-order valence-electron chi connectivity index (χ0n) is 8.80. The molecule has 0 spiro atoms. The summed E-state index contributed by atoms with van der Waals surface area (Å²) < 4.78 is 18.1. The molecule has 1 aromatic carbocycles. The van der Waals surface area contributed by atoms with Crippen LogP contribution in [0.2, 0.25) is 0 Å². The topological polar surface area (TPSA) is 62.7 Å². The molecule has 0 aliphatic heterocycles. The van der Waals surface area contributed by atoms with E-state index in [0.29, 0.717) is 17.3 Å². The van der Waals surface area contributed by atoms with Gasteiger partial charge in [0.1, 0.15) is 5.82 Å². The fourth-order valence-electron chi connectivity index (χ4n) is 1.74. The lowest BCUT2D eigenvalue weighted by atomic mass is 10.2. The Morgan fingerprint density at radius 1 is 1.47 bits per heavy atom. The third kappa shape index (κ3) is 1.78. The Kier molecular flexibility index (Phi) is 2.15. The maximum Gasteiger partial charge on any atom is 0.231 e. The molecule has 5 heteroatoms. The molecule has 0 saturated heterocycles. The van der Waals surface area contributed by atoms with Gasteiger partial charge in [0.2, 0.25) is 11.7 Å². The molecule has 1 fully saturated rings. The largest absolute Gasteiger partial charge is 0.339 e. The summed E-state index contributed by atoms with van der Waals surface area (Å²) in [7, 11) is 0. The van der Waals surface area contributed by atoms with E-state index in [9.17, 15) is 4.39 Å². The van der Waals surface area contributed by atoms with Crippen molar-refractivity contribution in [2.75, 3.05) is 0 Å². The molecule has 2 aromatic rings. The zero-order chi connectivity index (χ0) is 11.8. The fraction of sp³-hybridized carbons (Fsp3) is 0.250. The lowest BCUT2D eigenvalue weighted by molar-refractivity contribution is 0.378. The van der Waals surface area contributed by atoms with Gasteiger partial charge in [-0.3, -0.25) is 0 Å². The molecular formula is C12H8FN3O. The summed E-state index contributed by atoms with van der Waals surface area (Å²) in [6.45, 7) is 0. The van der Waals surface area contributed by atoms with Crippen LogP contribution in [0.4, 0.5) is 4.39 Å². The highest BCUT2D eigenvalue weighted by Crippen LogP contribution is 2.46. The van der Waals surface area contributed by atoms with Crippen molar-refractivity contribution in [3.05, 3.63) is 36.0 Å². The molecule has 17 heavy (non-hydrogen) atoms. The van der Waals surface area contributed by atoms with E-state index in [-0.39, 0.29) is 17.7 Å². The van der Waals surface area contributed by atoms with Crippen LogP contribution in [0.15, 0.2) is 28.8 Å². The molecule has 0 radical (unpaired) electrons. The van der Waals surface area contributed by atoms with Crippen LogP contribution < -0.4 is 0 Å². The highest BCUT2D eigenvalue weighted by Gasteiger charge is 2.43. The molecule has 0 N–H and O–H groups in total. The van der Waals surface area contributed by atoms with E-state index in [1.54, 1.807) is 12.1 Å². The van der Waals surface area contributed by atoms with Crippen molar-refractivity contribution in [3.8, 4) is 17.5 Å². The van der Waals surface area contributed by atoms with Gasteiger partial charge in [0.25, 0.3) is 0 Å². The highest BCUT2D eigenvalue weighted by molar-refractivity contribution is 5.54. The molecule has 4 nitrogen and oxygen atoms in total. The lowest BCUT2D eigenvalue weighted by Gasteiger charge is -1.92. The molecule has 0 bridgehead atoms. The zero-order valence-corrected chi connectivity index (χ0v) is 8.80. The summed E-state index contributed by atoms with van der Waals surface area (Å²) in [6, 6.07) is 8.17. The van der Waals surface area contributed by atoms with Crippen molar-refractivity contribution in [1.82, 2.24) is 10.1 Å². The average molecular weight is 229 g/mol. The molecule has 1 heterocycles. The number of hydrogen-bond donors (Lipinski definition) is 0. The molecule has 0 amide bonds. The van der Waals surface area contributed by atoms with Crippen LogP contribution in [0.5, 0.6) is 0 Å². The Bertz CT molecular complexity index is 602. The van der Waals surface area contributed by atoms with E-state index in [4.69, 9.17) is 9.78 Å². The van der Waals surface area contributed by atoms with Gasteiger partial charge in [-0.2, -0.15) is 10.2 Å². The second kappa shape index (κ2) is 3.67. The Hall–Kier alpha value is -2.22. The minimum atomic E-state index is -0.338. The number of nitriles is 1. The summed E-state index contributed by atoms with van der Waals surface area (Å²) in [5.41, 5.74) is 0.578. The summed E-state index contributed by atoms with van der Waals surface area (Å²) in [4.78, 5) is 4.19. The Morgan fingerprint density at radius 2 is 2.35 bits per heavy atom. The van der Waals surface area contributed by atoms with E-state index in [1.807, 2.05) is 0 Å². The summed E-state index contributed by atoms with van der Waals surface area (Å²) in [5.74, 6) is 0.527. The third-order valence-corrected chi connectivity index (χ3v) is 2.80. The van der Waals surface area contributed by atoms with Gasteiger partial charge in [-0.1, -0.05) is 17.3 Å². The quantitative estimate of drug-likeness (QED) is 0.793. The SMILES string of the molecule is N#CC1CC1c1nc(-c2cccc(F)c2)no1. The van der Waals surface area contributed by atoms with Crippen molar-refractivity contribution >= 4 is 0 Å². The first kappa shape index (κ1) is 9.97. The van der Waals surface area contributed by atoms with Crippen LogP contribution in [-0.4, -0.2) is 10.1 Å². The number of rotatable bonds is 2. The Balaban J connectivity index is 1.89. The van der Waals surface area contributed by atoms with Crippen LogP contribution >= 0.6 is 0 Å². The highest BCUT2D eigenvalue weighted by atomic mass is 19.1. The average Bonchev–Trinajstić information content (AvgIpc) is 2.97. The van der Waals surface area contributed by atoms with Crippen LogP contribution in [0.3, 0.4) is 0 Å². The van der Waals surface area contributed by atoms with Gasteiger partial charge in [-0.15, -0.1) is 0 Å². The van der Waals surface area contributed by atoms with Crippen molar-refractivity contribution in [2.45, 2.75) is 12.3 Å². The summed E-state index contributed by atoms with van der Waals surface area (Å²) in [5, 5.41) is 12.5. The minimum absolute atomic E-state index is 0.0178. The van der Waals surface area contributed by atoms with Crippen molar-refractivity contribution in [1.29, 1.82) is 5.26 Å². The summed E-state index contributed by atoms with van der Waals surface area (Å²) >= 11 is 0. The molecule has 2 atom stereocenters. The van der Waals surface area contributed by atoms with E-state index >= 15 is 0 Å². The molecular weight excluding hydrogens is 221 g/mol. The minimum Gasteiger partial charge on any atom is -0.339 e. The monoisotopic (exact) mass is 229 g/mol. The maximum absolute atomic E-state index is 13.0. The van der Waals surface area contributed by atoms with Crippen molar-refractivity contribution < 1.29 is 8.91 Å². The molecule has 3 rings (SSSR count). The molecule has 1 aliphatic carbocycles. The van der Waals surface area contributed by atoms with Crippen LogP contribution in [-0.2, 0) is 0 Å². The molecule has 2 unspecified atom stereocenters. The normalized spacial score (nSPS) is 22.1. The fourth-order valence-corrected chi connectivity index (χ4v) is 1.74. The number of halogens is 1. The molecule has 84 valence electrons. The van der Waals surface area contributed by atoms with Crippen LogP contribution in [0.1, 0.15) is 18.2 Å². The number of benzene rings is 1. The number of hydrogen-bond acceptors (Lipinski definition) is 4. The Morgan fingerprint density at radius 3 is 3.06 bits per heavy atom. The Labute approximate surface area is 96.7 Å². The first-order chi connectivity index (χ1) is 8.28. The standard InChI is InChI=1S/C12H8FN3O/c13-9-3-1-2-7(4-9)11-15-12(17-16-11)10-5-8(10)6-14/h1-4,8,10H,5H2. The van der Waals surface area contributed by atoms with E-state index < -0.39 is 0 Å². The molecule has 1 aromatic heterocycles. The van der Waals surface area contributed by atoms with Gasteiger partial charge in [0, 0.05) is 5.56 Å². The number of nitrogens with zero attached hydrogens (tertiary/aromatic N) is 3. The van der Waals surface area contributed by atoms with E-state index in [2.05, 4.69) is 16.2 Å². The number of aromatic nitrogens is 2. The van der Waals surface area contributed by atoms with Crippen molar-refractivity contribution in [3.63, 3.8) is 0 Å². The van der Waals surface area contributed by atoms with Gasteiger partial charge >= 0.3 is 0 Å². The molecule has 1 saturated carbocycles. The first-order valence-corrected chi connectivity index (χ1v) is 5.27.